The van der Waals surface area contributed by atoms with Crippen LogP contribution in [0.5, 0.6) is 0 Å². The lowest BCUT2D eigenvalue weighted by molar-refractivity contribution is -0.145. The zero-order valence-corrected chi connectivity index (χ0v) is 12.5. The molecule has 1 amide bonds. The molecule has 1 unspecified atom stereocenters. The number of aliphatic carboxylic acids is 1. The maximum Gasteiger partial charge on any atom is 0.307 e. The SMILES string of the molecule is CC1C[C@H](C(=O)Nc2ccc(F)c(Br)c2)[C@H](C(=O)O)C1. The minimum absolute atomic E-state index is 0.215. The van der Waals surface area contributed by atoms with Crippen LogP contribution in [-0.4, -0.2) is 17.0 Å². The minimum atomic E-state index is -0.935. The van der Waals surface area contributed by atoms with Crippen LogP contribution in [0.3, 0.4) is 0 Å². The van der Waals surface area contributed by atoms with Crippen LogP contribution in [-0.2, 0) is 9.59 Å². The zero-order chi connectivity index (χ0) is 14.9. The number of nitrogens with one attached hydrogen (secondary N) is 1. The number of hydrogen-bond acceptors (Lipinski definition) is 2. The van der Waals surface area contributed by atoms with Gasteiger partial charge in [0, 0.05) is 5.69 Å². The molecule has 1 fully saturated rings. The van der Waals surface area contributed by atoms with E-state index in [-0.39, 0.29) is 16.3 Å². The number of amides is 1. The number of anilines is 1. The Bertz CT molecular complexity index is 549. The van der Waals surface area contributed by atoms with Gasteiger partial charge in [0.05, 0.1) is 16.3 Å². The smallest absolute Gasteiger partial charge is 0.307 e. The summed E-state index contributed by atoms with van der Waals surface area (Å²) in [5.74, 6) is -2.64. The Morgan fingerprint density at radius 1 is 1.35 bits per heavy atom. The largest absolute Gasteiger partial charge is 0.481 e. The van der Waals surface area contributed by atoms with Gasteiger partial charge in [0.25, 0.3) is 0 Å². The van der Waals surface area contributed by atoms with Gasteiger partial charge >= 0.3 is 5.97 Å². The molecule has 108 valence electrons. The van der Waals surface area contributed by atoms with Crippen molar-refractivity contribution < 1.29 is 19.1 Å². The molecule has 2 N–H and O–H groups in total. The normalized spacial score (nSPS) is 25.4. The van der Waals surface area contributed by atoms with Gasteiger partial charge in [0.1, 0.15) is 5.82 Å². The zero-order valence-electron chi connectivity index (χ0n) is 10.9. The molecule has 4 nitrogen and oxygen atoms in total. The second-order valence-corrected chi connectivity index (χ2v) is 6.10. The lowest BCUT2D eigenvalue weighted by atomic mass is 9.95. The molecule has 0 bridgehead atoms. The van der Waals surface area contributed by atoms with E-state index < -0.39 is 23.6 Å². The van der Waals surface area contributed by atoms with Gasteiger partial charge in [-0.05, 0) is 52.9 Å². The van der Waals surface area contributed by atoms with Crippen LogP contribution in [0.2, 0.25) is 0 Å². The predicted molar refractivity (Wildman–Crippen MR) is 75.7 cm³/mol. The number of rotatable bonds is 3. The van der Waals surface area contributed by atoms with Gasteiger partial charge in [-0.25, -0.2) is 4.39 Å². The van der Waals surface area contributed by atoms with Gasteiger partial charge in [-0.15, -0.1) is 0 Å². The molecule has 3 atom stereocenters. The summed E-state index contributed by atoms with van der Waals surface area (Å²) in [5.41, 5.74) is 0.451. The maximum atomic E-state index is 13.1. The van der Waals surface area contributed by atoms with Crippen molar-refractivity contribution in [1.82, 2.24) is 0 Å². The summed E-state index contributed by atoms with van der Waals surface area (Å²) >= 11 is 3.04. The van der Waals surface area contributed by atoms with E-state index in [0.717, 1.165) is 0 Å². The number of carboxylic acids is 1. The monoisotopic (exact) mass is 343 g/mol. The summed E-state index contributed by atoms with van der Waals surface area (Å²) < 4.78 is 13.4. The van der Waals surface area contributed by atoms with Crippen LogP contribution in [0.4, 0.5) is 10.1 Å². The van der Waals surface area contributed by atoms with Crippen LogP contribution in [0.15, 0.2) is 22.7 Å². The van der Waals surface area contributed by atoms with Gasteiger partial charge in [-0.2, -0.15) is 0 Å². The van der Waals surface area contributed by atoms with Crippen LogP contribution in [0.25, 0.3) is 0 Å². The molecule has 1 aromatic rings. The van der Waals surface area contributed by atoms with E-state index in [0.29, 0.717) is 18.5 Å². The molecule has 1 aliphatic rings. The van der Waals surface area contributed by atoms with Gasteiger partial charge in [-0.1, -0.05) is 6.92 Å². The molecule has 6 heteroatoms. The molecular weight excluding hydrogens is 329 g/mol. The fourth-order valence-corrected chi connectivity index (χ4v) is 3.04. The maximum absolute atomic E-state index is 13.1. The van der Waals surface area contributed by atoms with Crippen LogP contribution < -0.4 is 5.32 Å². The molecule has 0 heterocycles. The number of carbonyl (C=O) groups is 2. The van der Waals surface area contributed by atoms with Gasteiger partial charge in [-0.3, -0.25) is 9.59 Å². The summed E-state index contributed by atoms with van der Waals surface area (Å²) in [6.07, 6.45) is 1.08. The molecule has 1 aliphatic carbocycles. The highest BCUT2D eigenvalue weighted by molar-refractivity contribution is 9.10. The average molecular weight is 344 g/mol. The third kappa shape index (κ3) is 3.17. The highest BCUT2D eigenvalue weighted by Crippen LogP contribution is 2.37. The van der Waals surface area contributed by atoms with Gasteiger partial charge in [0.2, 0.25) is 5.91 Å². The third-order valence-electron chi connectivity index (χ3n) is 3.64. The predicted octanol–water partition coefficient (Wildman–Crippen LogP) is 3.27. The molecule has 1 saturated carbocycles. The molecule has 20 heavy (non-hydrogen) atoms. The van der Waals surface area contributed by atoms with E-state index in [1.807, 2.05) is 6.92 Å². The van der Waals surface area contributed by atoms with Crippen molar-refractivity contribution in [2.75, 3.05) is 5.32 Å². The summed E-state index contributed by atoms with van der Waals surface area (Å²) in [6.45, 7) is 1.94. The first-order valence-electron chi connectivity index (χ1n) is 6.37. The molecule has 0 aliphatic heterocycles. The van der Waals surface area contributed by atoms with Crippen LogP contribution in [0, 0.1) is 23.6 Å². The summed E-state index contributed by atoms with van der Waals surface area (Å²) in [6, 6.07) is 4.15. The fraction of sp³-hybridized carbons (Fsp3) is 0.429. The molecule has 0 saturated heterocycles. The molecular formula is C14H15BrFNO3. The highest BCUT2D eigenvalue weighted by Gasteiger charge is 2.41. The highest BCUT2D eigenvalue weighted by atomic mass is 79.9. The quantitative estimate of drug-likeness (QED) is 0.884. The topological polar surface area (TPSA) is 66.4 Å². The standard InChI is InChI=1S/C14H15BrFNO3/c1-7-4-9(10(5-7)14(19)20)13(18)17-8-2-3-12(16)11(15)6-8/h2-3,6-7,9-10H,4-5H2,1H3,(H,17,18)(H,19,20)/t7?,9-,10+/m0/s1. The number of benzene rings is 1. The number of carbonyl (C=O) groups excluding carboxylic acids is 1. The lowest BCUT2D eigenvalue weighted by Gasteiger charge is -2.15. The van der Waals surface area contributed by atoms with Gasteiger partial charge in [0.15, 0.2) is 0 Å². The Labute approximate surface area is 124 Å². The Morgan fingerprint density at radius 2 is 2.00 bits per heavy atom. The van der Waals surface area contributed by atoms with E-state index in [4.69, 9.17) is 5.11 Å². The number of hydrogen-bond donors (Lipinski definition) is 2. The Morgan fingerprint density at radius 3 is 2.60 bits per heavy atom. The molecule has 1 aromatic carbocycles. The number of halogens is 2. The first kappa shape index (κ1) is 15.0. The third-order valence-corrected chi connectivity index (χ3v) is 4.25. The molecule has 0 aromatic heterocycles. The average Bonchev–Trinajstić information content (AvgIpc) is 2.76. The van der Waals surface area contributed by atoms with Crippen molar-refractivity contribution in [2.45, 2.75) is 19.8 Å². The Kier molecular flexibility index (Phi) is 4.42. The first-order chi connectivity index (χ1) is 9.38. The van der Waals surface area contributed by atoms with Crippen LogP contribution in [0.1, 0.15) is 19.8 Å². The van der Waals surface area contributed by atoms with E-state index >= 15 is 0 Å². The second kappa shape index (κ2) is 5.91. The summed E-state index contributed by atoms with van der Waals surface area (Å²) in [5, 5.41) is 11.8. The van der Waals surface area contributed by atoms with E-state index in [2.05, 4.69) is 21.2 Å². The van der Waals surface area contributed by atoms with Crippen molar-refractivity contribution in [1.29, 1.82) is 0 Å². The van der Waals surface area contributed by atoms with Crippen molar-refractivity contribution in [3.05, 3.63) is 28.5 Å². The minimum Gasteiger partial charge on any atom is -0.481 e. The van der Waals surface area contributed by atoms with E-state index in [1.54, 1.807) is 0 Å². The van der Waals surface area contributed by atoms with Crippen molar-refractivity contribution in [2.24, 2.45) is 17.8 Å². The summed E-state index contributed by atoms with van der Waals surface area (Å²) in [7, 11) is 0. The number of carboxylic acid groups (broad SMARTS) is 1. The van der Waals surface area contributed by atoms with Crippen molar-refractivity contribution >= 4 is 33.5 Å². The fourth-order valence-electron chi connectivity index (χ4n) is 2.66. The molecule has 0 spiro atoms. The summed E-state index contributed by atoms with van der Waals surface area (Å²) in [4.78, 5) is 23.4. The molecule has 0 radical (unpaired) electrons. The lowest BCUT2D eigenvalue weighted by Crippen LogP contribution is -2.30. The second-order valence-electron chi connectivity index (χ2n) is 5.25. The first-order valence-corrected chi connectivity index (χ1v) is 7.16. The van der Waals surface area contributed by atoms with E-state index in [1.165, 1.54) is 18.2 Å². The Balaban J connectivity index is 2.11. The van der Waals surface area contributed by atoms with Crippen LogP contribution >= 0.6 is 15.9 Å². The van der Waals surface area contributed by atoms with E-state index in [9.17, 15) is 14.0 Å². The van der Waals surface area contributed by atoms with Gasteiger partial charge < -0.3 is 10.4 Å². The van der Waals surface area contributed by atoms with Crippen molar-refractivity contribution in [3.8, 4) is 0 Å². The van der Waals surface area contributed by atoms with Crippen molar-refractivity contribution in [3.63, 3.8) is 0 Å². The molecule has 2 rings (SSSR count). The Hall–Kier alpha value is -1.43.